The predicted molar refractivity (Wildman–Crippen MR) is 51.8 cm³/mol. The number of anilines is 1. The highest BCUT2D eigenvalue weighted by molar-refractivity contribution is 7.09. The van der Waals surface area contributed by atoms with Crippen LogP contribution >= 0.6 is 11.5 Å². The van der Waals surface area contributed by atoms with Gasteiger partial charge in [0.25, 0.3) is 0 Å². The van der Waals surface area contributed by atoms with Crippen molar-refractivity contribution >= 4 is 16.5 Å². The van der Waals surface area contributed by atoms with Gasteiger partial charge in [0, 0.05) is 17.6 Å². The molecule has 4 nitrogen and oxygen atoms in total. The summed E-state index contributed by atoms with van der Waals surface area (Å²) in [6.07, 6.45) is 5.55. The van der Waals surface area contributed by atoms with Gasteiger partial charge in [-0.05, 0) is 25.7 Å². The van der Waals surface area contributed by atoms with Crippen molar-refractivity contribution in [2.45, 2.75) is 37.8 Å². The van der Waals surface area contributed by atoms with Crippen molar-refractivity contribution in [2.75, 3.05) is 5.32 Å². The van der Waals surface area contributed by atoms with Crippen molar-refractivity contribution in [2.24, 2.45) is 0 Å². The molecule has 1 aliphatic carbocycles. The molecule has 5 heteroatoms. The first-order valence-corrected chi connectivity index (χ1v) is 5.34. The van der Waals surface area contributed by atoms with Gasteiger partial charge in [0.15, 0.2) is 0 Å². The Kier molecular flexibility index (Phi) is 2.75. The molecule has 1 aliphatic rings. The van der Waals surface area contributed by atoms with Crippen LogP contribution in [0.5, 0.6) is 0 Å². The van der Waals surface area contributed by atoms with Gasteiger partial charge >= 0.3 is 0 Å². The topological polar surface area (TPSA) is 58.0 Å². The highest BCUT2D eigenvalue weighted by atomic mass is 32.1. The number of nitrogens with zero attached hydrogens (tertiary/aromatic N) is 2. The summed E-state index contributed by atoms with van der Waals surface area (Å²) >= 11 is 1.38. The Balaban J connectivity index is 1.83. The van der Waals surface area contributed by atoms with Crippen molar-refractivity contribution in [3.63, 3.8) is 0 Å². The van der Waals surface area contributed by atoms with Crippen LogP contribution < -0.4 is 5.32 Å². The molecule has 2 rings (SSSR count). The predicted octanol–water partition coefficient (Wildman–Crippen LogP) is 1.25. The number of aliphatic hydroxyl groups is 1. The van der Waals surface area contributed by atoms with Crippen LogP contribution in [0.15, 0.2) is 6.20 Å². The maximum Gasteiger partial charge on any atom is 0.130 e. The summed E-state index contributed by atoms with van der Waals surface area (Å²) in [6.45, 7) is 0. The van der Waals surface area contributed by atoms with Crippen molar-refractivity contribution in [1.29, 1.82) is 0 Å². The summed E-state index contributed by atoms with van der Waals surface area (Å²) in [5.41, 5.74) is 0. The Morgan fingerprint density at radius 1 is 1.38 bits per heavy atom. The van der Waals surface area contributed by atoms with E-state index in [1.165, 1.54) is 11.5 Å². The van der Waals surface area contributed by atoms with E-state index < -0.39 is 0 Å². The first kappa shape index (κ1) is 8.90. The van der Waals surface area contributed by atoms with E-state index in [0.29, 0.717) is 6.04 Å². The largest absolute Gasteiger partial charge is 0.393 e. The zero-order chi connectivity index (χ0) is 9.10. The van der Waals surface area contributed by atoms with Gasteiger partial charge in [0.2, 0.25) is 0 Å². The molecule has 0 spiro atoms. The molecule has 1 aromatic heterocycles. The lowest BCUT2D eigenvalue weighted by Gasteiger charge is -2.25. The molecule has 72 valence electrons. The maximum atomic E-state index is 9.30. The standard InChI is InChI=1S/C8H13N3OS/c12-7-3-1-6(2-4-7)10-8-5-9-11-13-8/h5-7,10,12H,1-4H2. The quantitative estimate of drug-likeness (QED) is 0.752. The van der Waals surface area contributed by atoms with Crippen molar-refractivity contribution in [1.82, 2.24) is 9.59 Å². The van der Waals surface area contributed by atoms with Crippen molar-refractivity contribution in [3.05, 3.63) is 6.20 Å². The van der Waals surface area contributed by atoms with E-state index in [0.717, 1.165) is 30.7 Å². The van der Waals surface area contributed by atoms with Crippen LogP contribution in [0.4, 0.5) is 5.00 Å². The second-order valence-electron chi connectivity index (χ2n) is 3.43. The molecule has 0 saturated heterocycles. The van der Waals surface area contributed by atoms with E-state index in [2.05, 4.69) is 14.9 Å². The lowest BCUT2D eigenvalue weighted by molar-refractivity contribution is 0.126. The van der Waals surface area contributed by atoms with Crippen LogP contribution in [0.2, 0.25) is 0 Å². The zero-order valence-electron chi connectivity index (χ0n) is 7.31. The molecule has 2 N–H and O–H groups in total. The minimum atomic E-state index is -0.0855. The third-order valence-electron chi connectivity index (χ3n) is 2.40. The number of nitrogens with one attached hydrogen (secondary N) is 1. The number of aliphatic hydroxyl groups excluding tert-OH is 1. The molecule has 1 fully saturated rings. The van der Waals surface area contributed by atoms with Crippen LogP contribution in [-0.4, -0.2) is 26.8 Å². The fourth-order valence-corrected chi connectivity index (χ4v) is 2.15. The lowest BCUT2D eigenvalue weighted by atomic mass is 9.93. The van der Waals surface area contributed by atoms with E-state index >= 15 is 0 Å². The van der Waals surface area contributed by atoms with Crippen LogP contribution in [0.1, 0.15) is 25.7 Å². The number of hydrogen-bond acceptors (Lipinski definition) is 5. The van der Waals surface area contributed by atoms with E-state index in [9.17, 15) is 5.11 Å². The molecule has 0 aliphatic heterocycles. The van der Waals surface area contributed by atoms with Crippen LogP contribution in [0, 0.1) is 0 Å². The van der Waals surface area contributed by atoms with Gasteiger partial charge < -0.3 is 10.4 Å². The van der Waals surface area contributed by atoms with E-state index in [1.54, 1.807) is 6.20 Å². The molecule has 1 heterocycles. The Bertz CT molecular complexity index is 244. The number of hydrogen-bond donors (Lipinski definition) is 2. The average molecular weight is 199 g/mol. The molecule has 0 atom stereocenters. The van der Waals surface area contributed by atoms with E-state index in [-0.39, 0.29) is 6.10 Å². The molecule has 0 bridgehead atoms. The molecule has 0 unspecified atom stereocenters. The van der Waals surface area contributed by atoms with Crippen molar-refractivity contribution in [3.8, 4) is 0 Å². The number of aromatic nitrogens is 2. The maximum absolute atomic E-state index is 9.30. The Labute approximate surface area is 81.1 Å². The Hall–Kier alpha value is -0.680. The normalized spacial score (nSPS) is 28.7. The van der Waals surface area contributed by atoms with Crippen LogP contribution in [-0.2, 0) is 0 Å². The summed E-state index contributed by atoms with van der Waals surface area (Å²) in [5, 5.41) is 17.5. The average Bonchev–Trinajstić information content (AvgIpc) is 2.62. The zero-order valence-corrected chi connectivity index (χ0v) is 8.13. The Morgan fingerprint density at radius 3 is 2.77 bits per heavy atom. The van der Waals surface area contributed by atoms with Crippen LogP contribution in [0.3, 0.4) is 0 Å². The monoisotopic (exact) mass is 199 g/mol. The van der Waals surface area contributed by atoms with Crippen molar-refractivity contribution < 1.29 is 5.11 Å². The number of rotatable bonds is 2. The third kappa shape index (κ3) is 2.38. The molecule has 13 heavy (non-hydrogen) atoms. The highest BCUT2D eigenvalue weighted by Gasteiger charge is 2.19. The van der Waals surface area contributed by atoms with Gasteiger partial charge in [-0.15, -0.1) is 5.10 Å². The third-order valence-corrected chi connectivity index (χ3v) is 3.00. The lowest BCUT2D eigenvalue weighted by Crippen LogP contribution is -2.27. The summed E-state index contributed by atoms with van der Waals surface area (Å²) in [5.74, 6) is 0. The van der Waals surface area contributed by atoms with Gasteiger partial charge in [-0.25, -0.2) is 0 Å². The molecule has 0 amide bonds. The SMILES string of the molecule is OC1CCC(Nc2cnns2)CC1. The second kappa shape index (κ2) is 4.02. The fraction of sp³-hybridized carbons (Fsp3) is 0.750. The smallest absolute Gasteiger partial charge is 0.130 e. The van der Waals surface area contributed by atoms with Gasteiger partial charge in [0.05, 0.1) is 12.3 Å². The van der Waals surface area contributed by atoms with Gasteiger partial charge in [-0.1, -0.05) is 4.49 Å². The van der Waals surface area contributed by atoms with E-state index in [4.69, 9.17) is 0 Å². The highest BCUT2D eigenvalue weighted by Crippen LogP contribution is 2.22. The minimum Gasteiger partial charge on any atom is -0.393 e. The summed E-state index contributed by atoms with van der Waals surface area (Å²) in [4.78, 5) is 0. The van der Waals surface area contributed by atoms with Crippen LogP contribution in [0.25, 0.3) is 0 Å². The van der Waals surface area contributed by atoms with Gasteiger partial charge in [-0.3, -0.25) is 0 Å². The summed E-state index contributed by atoms with van der Waals surface area (Å²) < 4.78 is 3.78. The van der Waals surface area contributed by atoms with Gasteiger partial charge in [0.1, 0.15) is 5.00 Å². The molecule has 1 saturated carbocycles. The molecular weight excluding hydrogens is 186 g/mol. The molecule has 0 aromatic carbocycles. The molecule has 1 aromatic rings. The minimum absolute atomic E-state index is 0.0855. The Morgan fingerprint density at radius 2 is 2.15 bits per heavy atom. The summed E-state index contributed by atoms with van der Waals surface area (Å²) in [7, 11) is 0. The second-order valence-corrected chi connectivity index (χ2v) is 4.22. The van der Waals surface area contributed by atoms with Gasteiger partial charge in [-0.2, -0.15) is 0 Å². The summed E-state index contributed by atoms with van der Waals surface area (Å²) in [6, 6.07) is 0.491. The molecule has 0 radical (unpaired) electrons. The first-order valence-electron chi connectivity index (χ1n) is 4.56. The van der Waals surface area contributed by atoms with E-state index in [1.807, 2.05) is 0 Å². The fourth-order valence-electron chi connectivity index (χ4n) is 1.65. The molecular formula is C8H13N3OS. The first-order chi connectivity index (χ1) is 6.34.